The third-order valence-electron chi connectivity index (χ3n) is 4.54. The van der Waals surface area contributed by atoms with E-state index in [1.54, 1.807) is 38.7 Å². The van der Waals surface area contributed by atoms with Gasteiger partial charge in [0.2, 0.25) is 5.91 Å². The van der Waals surface area contributed by atoms with Gasteiger partial charge < -0.3 is 23.8 Å². The summed E-state index contributed by atoms with van der Waals surface area (Å²) in [4.78, 5) is 12.3. The van der Waals surface area contributed by atoms with Crippen molar-refractivity contribution in [3.8, 4) is 11.5 Å². The Morgan fingerprint density at radius 2 is 1.86 bits per heavy atom. The number of aryl methyl sites for hydroxylation is 1. The van der Waals surface area contributed by atoms with Crippen LogP contribution in [0.25, 0.3) is 6.08 Å². The van der Waals surface area contributed by atoms with Crippen LogP contribution in [0, 0.1) is 13.8 Å². The second-order valence-corrected chi connectivity index (χ2v) is 6.42. The first-order valence-corrected chi connectivity index (χ1v) is 8.91. The number of ether oxygens (including phenoxy) is 2. The van der Waals surface area contributed by atoms with Crippen molar-refractivity contribution in [1.82, 2.24) is 4.57 Å². The standard InChI is InChI=1S/C22H24N2O4/c1-15-10-17(16(2)24(15)14-19-6-5-9-28-19)7-8-22(25)23-18-11-20(26-3)13-21(12-18)27-4/h5-13H,14H2,1-4H3,(H,23,25)/b8-7+. The van der Waals surface area contributed by atoms with Gasteiger partial charge >= 0.3 is 0 Å². The second-order valence-electron chi connectivity index (χ2n) is 6.42. The van der Waals surface area contributed by atoms with E-state index in [0.717, 1.165) is 22.7 Å². The Morgan fingerprint density at radius 1 is 1.14 bits per heavy atom. The fraction of sp³-hybridized carbons (Fsp3) is 0.227. The van der Waals surface area contributed by atoms with Crippen LogP contribution in [0.15, 0.2) is 53.2 Å². The number of benzene rings is 1. The number of nitrogens with zero attached hydrogens (tertiary/aromatic N) is 1. The van der Waals surface area contributed by atoms with Crippen molar-refractivity contribution in [1.29, 1.82) is 0 Å². The van der Waals surface area contributed by atoms with Crippen LogP contribution >= 0.6 is 0 Å². The molecule has 0 spiro atoms. The van der Waals surface area contributed by atoms with E-state index in [1.165, 1.54) is 6.08 Å². The fourth-order valence-electron chi connectivity index (χ4n) is 3.03. The fourth-order valence-corrected chi connectivity index (χ4v) is 3.03. The number of methoxy groups -OCH3 is 2. The van der Waals surface area contributed by atoms with E-state index in [0.29, 0.717) is 23.7 Å². The van der Waals surface area contributed by atoms with E-state index in [9.17, 15) is 4.79 Å². The minimum Gasteiger partial charge on any atom is -0.497 e. The Kier molecular flexibility index (Phi) is 5.89. The summed E-state index contributed by atoms with van der Waals surface area (Å²) in [5, 5.41) is 2.83. The van der Waals surface area contributed by atoms with Crippen LogP contribution < -0.4 is 14.8 Å². The molecule has 0 radical (unpaired) electrons. The van der Waals surface area contributed by atoms with Gasteiger partial charge in [-0.15, -0.1) is 0 Å². The van der Waals surface area contributed by atoms with Crippen molar-refractivity contribution < 1.29 is 18.7 Å². The molecule has 0 saturated carbocycles. The van der Waals surface area contributed by atoms with E-state index in [4.69, 9.17) is 13.9 Å². The van der Waals surface area contributed by atoms with Gasteiger partial charge in [-0.05, 0) is 43.7 Å². The molecule has 146 valence electrons. The van der Waals surface area contributed by atoms with Crippen LogP contribution in [-0.2, 0) is 11.3 Å². The molecule has 28 heavy (non-hydrogen) atoms. The average molecular weight is 380 g/mol. The van der Waals surface area contributed by atoms with Gasteiger partial charge in [0.05, 0.1) is 27.0 Å². The number of nitrogens with one attached hydrogen (secondary N) is 1. The monoisotopic (exact) mass is 380 g/mol. The highest BCUT2D eigenvalue weighted by atomic mass is 16.5. The second kappa shape index (κ2) is 8.52. The number of carbonyl (C=O) groups excluding carboxylic acids is 1. The normalized spacial score (nSPS) is 11.0. The maximum atomic E-state index is 12.3. The largest absolute Gasteiger partial charge is 0.497 e. The summed E-state index contributed by atoms with van der Waals surface area (Å²) in [7, 11) is 3.14. The lowest BCUT2D eigenvalue weighted by atomic mass is 10.2. The number of aromatic nitrogens is 1. The molecule has 0 bridgehead atoms. The molecule has 1 amide bonds. The molecule has 0 unspecified atom stereocenters. The Labute approximate surface area is 164 Å². The summed E-state index contributed by atoms with van der Waals surface area (Å²) in [6.07, 6.45) is 5.00. The Morgan fingerprint density at radius 3 is 2.46 bits per heavy atom. The maximum absolute atomic E-state index is 12.3. The van der Waals surface area contributed by atoms with Crippen molar-refractivity contribution in [2.75, 3.05) is 19.5 Å². The number of anilines is 1. The van der Waals surface area contributed by atoms with Gasteiger partial charge in [0.1, 0.15) is 17.3 Å². The summed E-state index contributed by atoms with van der Waals surface area (Å²) in [6.45, 7) is 4.73. The van der Waals surface area contributed by atoms with Crippen LogP contribution in [0.5, 0.6) is 11.5 Å². The molecule has 6 nitrogen and oxygen atoms in total. The summed E-state index contributed by atoms with van der Waals surface area (Å²) >= 11 is 0. The first kappa shape index (κ1) is 19.4. The highest BCUT2D eigenvalue weighted by Crippen LogP contribution is 2.26. The Hall–Kier alpha value is -3.41. The van der Waals surface area contributed by atoms with E-state index < -0.39 is 0 Å². The molecule has 0 aliphatic heterocycles. The molecule has 2 heterocycles. The molecular weight excluding hydrogens is 356 g/mol. The number of rotatable bonds is 7. The highest BCUT2D eigenvalue weighted by Gasteiger charge is 2.09. The van der Waals surface area contributed by atoms with E-state index in [1.807, 2.05) is 32.1 Å². The zero-order valence-corrected chi connectivity index (χ0v) is 16.5. The number of hydrogen-bond donors (Lipinski definition) is 1. The molecule has 6 heteroatoms. The molecule has 1 aromatic carbocycles. The third kappa shape index (κ3) is 4.46. The van der Waals surface area contributed by atoms with Gasteiger partial charge in [-0.2, -0.15) is 0 Å². The Bertz CT molecular complexity index is 962. The van der Waals surface area contributed by atoms with Crippen molar-refractivity contribution in [2.24, 2.45) is 0 Å². The van der Waals surface area contributed by atoms with Crippen molar-refractivity contribution in [3.63, 3.8) is 0 Å². The zero-order valence-electron chi connectivity index (χ0n) is 16.5. The summed E-state index contributed by atoms with van der Waals surface area (Å²) < 4.78 is 18.0. The van der Waals surface area contributed by atoms with Gasteiger partial charge in [0.15, 0.2) is 0 Å². The summed E-state index contributed by atoms with van der Waals surface area (Å²) in [5.41, 5.74) is 3.77. The van der Waals surface area contributed by atoms with Crippen molar-refractivity contribution >= 4 is 17.7 Å². The highest BCUT2D eigenvalue weighted by molar-refractivity contribution is 6.02. The quantitative estimate of drug-likeness (QED) is 0.617. The van der Waals surface area contributed by atoms with Crippen LogP contribution in [-0.4, -0.2) is 24.7 Å². The van der Waals surface area contributed by atoms with Gasteiger partial charge in [0.25, 0.3) is 0 Å². The molecule has 2 aromatic heterocycles. The van der Waals surface area contributed by atoms with E-state index in [2.05, 4.69) is 16.0 Å². The van der Waals surface area contributed by atoms with Gasteiger partial charge in [0, 0.05) is 41.4 Å². The molecule has 3 rings (SSSR count). The van der Waals surface area contributed by atoms with E-state index >= 15 is 0 Å². The van der Waals surface area contributed by atoms with Gasteiger partial charge in [-0.25, -0.2) is 0 Å². The third-order valence-corrected chi connectivity index (χ3v) is 4.54. The molecule has 0 atom stereocenters. The number of furan rings is 1. The smallest absolute Gasteiger partial charge is 0.248 e. The maximum Gasteiger partial charge on any atom is 0.248 e. The molecular formula is C22H24N2O4. The molecule has 0 aliphatic carbocycles. The SMILES string of the molecule is COc1cc(NC(=O)/C=C/c2cc(C)n(Cc3ccco3)c2C)cc(OC)c1. The van der Waals surface area contributed by atoms with Crippen molar-refractivity contribution in [2.45, 2.75) is 20.4 Å². The molecule has 0 aliphatic rings. The first-order chi connectivity index (χ1) is 13.5. The first-order valence-electron chi connectivity index (χ1n) is 8.91. The molecule has 0 fully saturated rings. The van der Waals surface area contributed by atoms with Gasteiger partial charge in [-0.3, -0.25) is 4.79 Å². The van der Waals surface area contributed by atoms with Crippen LogP contribution in [0.3, 0.4) is 0 Å². The lowest BCUT2D eigenvalue weighted by molar-refractivity contribution is -0.111. The summed E-state index contributed by atoms with van der Waals surface area (Å²) in [5.74, 6) is 1.88. The van der Waals surface area contributed by atoms with Crippen LogP contribution in [0.1, 0.15) is 22.7 Å². The Balaban J connectivity index is 1.72. The number of hydrogen-bond acceptors (Lipinski definition) is 4. The van der Waals surface area contributed by atoms with Gasteiger partial charge in [-0.1, -0.05) is 0 Å². The lowest BCUT2D eigenvalue weighted by Gasteiger charge is -2.08. The van der Waals surface area contributed by atoms with Crippen LogP contribution in [0.2, 0.25) is 0 Å². The number of carbonyl (C=O) groups is 1. The predicted molar refractivity (Wildman–Crippen MR) is 109 cm³/mol. The molecule has 3 aromatic rings. The minimum absolute atomic E-state index is 0.230. The minimum atomic E-state index is -0.230. The predicted octanol–water partition coefficient (Wildman–Crippen LogP) is 4.42. The summed E-state index contributed by atoms with van der Waals surface area (Å²) in [6, 6.07) is 11.1. The molecule has 0 saturated heterocycles. The lowest BCUT2D eigenvalue weighted by Crippen LogP contribution is -2.08. The van der Waals surface area contributed by atoms with Crippen molar-refractivity contribution in [3.05, 3.63) is 71.4 Å². The molecule has 1 N–H and O–H groups in total. The zero-order chi connectivity index (χ0) is 20.1. The van der Waals surface area contributed by atoms with E-state index in [-0.39, 0.29) is 5.91 Å². The van der Waals surface area contributed by atoms with Crippen LogP contribution in [0.4, 0.5) is 5.69 Å². The number of amides is 1. The topological polar surface area (TPSA) is 65.6 Å². The average Bonchev–Trinajstić information content (AvgIpc) is 3.29.